The summed E-state index contributed by atoms with van der Waals surface area (Å²) >= 11 is 0. The second-order valence-electron chi connectivity index (χ2n) is 7.29. The van der Waals surface area contributed by atoms with Crippen LogP contribution in [0.15, 0.2) is 24.7 Å². The van der Waals surface area contributed by atoms with Crippen molar-refractivity contribution in [2.75, 3.05) is 7.05 Å². The predicted octanol–water partition coefficient (Wildman–Crippen LogP) is 1.24. The Balaban J connectivity index is 1.63. The topological polar surface area (TPSA) is 87.1 Å². The Bertz CT molecular complexity index is 794. The predicted molar refractivity (Wildman–Crippen MR) is 93.6 cm³/mol. The zero-order valence-corrected chi connectivity index (χ0v) is 15.1. The molecule has 8 heteroatoms. The van der Waals surface area contributed by atoms with Crippen LogP contribution in [0.3, 0.4) is 0 Å². The smallest absolute Gasteiger partial charge is 0.228 e. The average Bonchev–Trinajstić information content (AvgIpc) is 3.16. The summed E-state index contributed by atoms with van der Waals surface area (Å²) in [7, 11) is 3.72. The van der Waals surface area contributed by atoms with Crippen molar-refractivity contribution in [1.82, 2.24) is 29.5 Å². The number of likely N-dealkylation sites (tertiary alicyclic amines) is 1. The minimum Gasteiger partial charge on any atom is -0.340 e. The number of carbonyl (C=O) groups is 2. The molecule has 2 atom stereocenters. The largest absolute Gasteiger partial charge is 0.340 e. The molecule has 3 heterocycles. The number of aromatic nitrogens is 4. The highest BCUT2D eigenvalue weighted by Crippen LogP contribution is 2.43. The number of nitrogens with one attached hydrogen (secondary N) is 1. The fraction of sp³-hybridized carbons (Fsp3) is 0.556. The highest BCUT2D eigenvalue weighted by molar-refractivity contribution is 5.85. The van der Waals surface area contributed by atoms with Gasteiger partial charge in [-0.05, 0) is 25.3 Å². The first-order chi connectivity index (χ1) is 12.6. The standard InChI is InChI=1S/C18H24N6O2/c1-22-10-9-19-17(22)16-14(5-6-15(25)24(16)13-3-4-13)18(26)23(2)11-12-7-8-20-21-12/h7-10,13-14,16H,3-6,11H2,1-2H3,(H,20,21)/t14-,16-/m0/s1. The van der Waals surface area contributed by atoms with Crippen LogP contribution in [0.25, 0.3) is 0 Å². The molecular weight excluding hydrogens is 332 g/mol. The van der Waals surface area contributed by atoms with Crippen molar-refractivity contribution in [3.63, 3.8) is 0 Å². The maximum absolute atomic E-state index is 13.3. The Morgan fingerprint density at radius 2 is 2.15 bits per heavy atom. The number of nitrogens with zero attached hydrogens (tertiary/aromatic N) is 5. The third-order valence-corrected chi connectivity index (χ3v) is 5.36. The van der Waals surface area contributed by atoms with Gasteiger partial charge in [-0.25, -0.2) is 4.98 Å². The molecular formula is C18H24N6O2. The molecule has 1 N–H and O–H groups in total. The van der Waals surface area contributed by atoms with E-state index in [1.807, 2.05) is 28.8 Å². The minimum atomic E-state index is -0.291. The van der Waals surface area contributed by atoms with Gasteiger partial charge in [0.2, 0.25) is 11.8 Å². The SMILES string of the molecule is CN(Cc1ccn[nH]1)C(=O)[C@H]1CCC(=O)N(C2CC2)[C@@H]1c1nccn1C. The van der Waals surface area contributed by atoms with Gasteiger partial charge in [-0.1, -0.05) is 0 Å². The molecule has 26 heavy (non-hydrogen) atoms. The molecule has 0 radical (unpaired) electrons. The molecule has 1 saturated heterocycles. The number of aromatic amines is 1. The Kier molecular flexibility index (Phi) is 4.26. The molecule has 1 saturated carbocycles. The van der Waals surface area contributed by atoms with Crippen molar-refractivity contribution < 1.29 is 9.59 Å². The first kappa shape index (κ1) is 16.8. The van der Waals surface area contributed by atoms with Crippen LogP contribution in [0.5, 0.6) is 0 Å². The van der Waals surface area contributed by atoms with Crippen LogP contribution in [0.1, 0.15) is 43.2 Å². The van der Waals surface area contributed by atoms with Crippen LogP contribution in [0.2, 0.25) is 0 Å². The lowest BCUT2D eigenvalue weighted by Crippen LogP contribution is -2.50. The average molecular weight is 356 g/mol. The number of H-pyrrole nitrogens is 1. The Morgan fingerprint density at radius 1 is 1.35 bits per heavy atom. The molecule has 0 unspecified atom stereocenters. The summed E-state index contributed by atoms with van der Waals surface area (Å²) < 4.78 is 1.92. The Morgan fingerprint density at radius 3 is 2.77 bits per heavy atom. The number of piperidine rings is 1. The van der Waals surface area contributed by atoms with Gasteiger partial charge < -0.3 is 14.4 Å². The van der Waals surface area contributed by atoms with Gasteiger partial charge in [0.25, 0.3) is 0 Å². The van der Waals surface area contributed by atoms with E-state index in [9.17, 15) is 9.59 Å². The van der Waals surface area contributed by atoms with E-state index in [-0.39, 0.29) is 29.8 Å². The van der Waals surface area contributed by atoms with Gasteiger partial charge in [0, 0.05) is 45.1 Å². The third kappa shape index (κ3) is 3.00. The molecule has 0 aromatic carbocycles. The summed E-state index contributed by atoms with van der Waals surface area (Å²) in [5.74, 6) is 0.701. The van der Waals surface area contributed by atoms with E-state index in [1.54, 1.807) is 24.3 Å². The second-order valence-corrected chi connectivity index (χ2v) is 7.29. The zero-order chi connectivity index (χ0) is 18.3. The molecule has 2 aliphatic rings. The van der Waals surface area contributed by atoms with E-state index < -0.39 is 0 Å². The Labute approximate surface area is 152 Å². The molecule has 2 aromatic rings. The van der Waals surface area contributed by atoms with Crippen LogP contribution in [-0.4, -0.2) is 54.5 Å². The first-order valence-corrected chi connectivity index (χ1v) is 9.08. The number of aryl methyl sites for hydroxylation is 1. The van der Waals surface area contributed by atoms with Gasteiger partial charge in [0.1, 0.15) is 11.9 Å². The zero-order valence-electron chi connectivity index (χ0n) is 15.1. The molecule has 0 spiro atoms. The lowest BCUT2D eigenvalue weighted by atomic mass is 9.86. The van der Waals surface area contributed by atoms with E-state index in [0.717, 1.165) is 24.4 Å². The first-order valence-electron chi connectivity index (χ1n) is 9.08. The molecule has 1 aliphatic heterocycles. The molecule has 2 aromatic heterocycles. The summed E-state index contributed by atoms with van der Waals surface area (Å²) in [5, 5.41) is 6.83. The number of amides is 2. The van der Waals surface area contributed by atoms with Gasteiger partial charge in [0.15, 0.2) is 0 Å². The van der Waals surface area contributed by atoms with Gasteiger partial charge in [0.05, 0.1) is 18.2 Å². The van der Waals surface area contributed by atoms with Gasteiger partial charge in [-0.2, -0.15) is 5.10 Å². The summed E-state index contributed by atoms with van der Waals surface area (Å²) in [5.41, 5.74) is 0.889. The van der Waals surface area contributed by atoms with E-state index >= 15 is 0 Å². The van der Waals surface area contributed by atoms with Crippen molar-refractivity contribution in [3.8, 4) is 0 Å². The van der Waals surface area contributed by atoms with Crippen molar-refractivity contribution >= 4 is 11.8 Å². The fourth-order valence-corrected chi connectivity index (χ4v) is 3.91. The lowest BCUT2D eigenvalue weighted by molar-refractivity contribution is -0.148. The summed E-state index contributed by atoms with van der Waals surface area (Å²) in [6.45, 7) is 0.472. The van der Waals surface area contributed by atoms with Crippen LogP contribution in [0, 0.1) is 5.92 Å². The quantitative estimate of drug-likeness (QED) is 0.873. The molecule has 1 aliphatic carbocycles. The maximum atomic E-state index is 13.3. The summed E-state index contributed by atoms with van der Waals surface area (Å²) in [6.07, 6.45) is 8.29. The molecule has 2 fully saturated rings. The minimum absolute atomic E-state index is 0.0470. The van der Waals surface area contributed by atoms with Crippen molar-refractivity contribution in [3.05, 3.63) is 36.2 Å². The summed E-state index contributed by atoms with van der Waals surface area (Å²) in [4.78, 5) is 34.0. The normalized spacial score (nSPS) is 23.3. The number of hydrogen-bond acceptors (Lipinski definition) is 4. The fourth-order valence-electron chi connectivity index (χ4n) is 3.91. The highest BCUT2D eigenvalue weighted by atomic mass is 16.2. The van der Waals surface area contributed by atoms with Gasteiger partial charge in [-0.3, -0.25) is 14.7 Å². The molecule has 0 bridgehead atoms. The van der Waals surface area contributed by atoms with Gasteiger partial charge in [-0.15, -0.1) is 0 Å². The van der Waals surface area contributed by atoms with Crippen LogP contribution in [-0.2, 0) is 23.2 Å². The Hall–Kier alpha value is -2.64. The van der Waals surface area contributed by atoms with Crippen LogP contribution in [0.4, 0.5) is 0 Å². The number of rotatable bonds is 5. The summed E-state index contributed by atoms with van der Waals surface area (Å²) in [6, 6.07) is 1.82. The third-order valence-electron chi connectivity index (χ3n) is 5.36. The van der Waals surface area contributed by atoms with Crippen LogP contribution < -0.4 is 0 Å². The molecule has 8 nitrogen and oxygen atoms in total. The van der Waals surface area contributed by atoms with E-state index in [1.165, 1.54) is 0 Å². The van der Waals surface area contributed by atoms with Crippen molar-refractivity contribution in [2.24, 2.45) is 13.0 Å². The molecule has 4 rings (SSSR count). The number of carbonyl (C=O) groups excluding carboxylic acids is 2. The number of hydrogen-bond donors (Lipinski definition) is 1. The highest BCUT2D eigenvalue weighted by Gasteiger charge is 2.48. The van der Waals surface area contributed by atoms with E-state index in [4.69, 9.17) is 0 Å². The second kappa shape index (κ2) is 6.59. The molecule has 138 valence electrons. The van der Waals surface area contributed by atoms with Crippen molar-refractivity contribution in [1.29, 1.82) is 0 Å². The van der Waals surface area contributed by atoms with Crippen LogP contribution >= 0.6 is 0 Å². The van der Waals surface area contributed by atoms with Crippen molar-refractivity contribution in [2.45, 2.75) is 44.3 Å². The maximum Gasteiger partial charge on any atom is 0.228 e. The lowest BCUT2D eigenvalue weighted by Gasteiger charge is -2.41. The molecule has 2 amide bonds. The number of imidazole rings is 1. The van der Waals surface area contributed by atoms with Gasteiger partial charge >= 0.3 is 0 Å². The monoisotopic (exact) mass is 356 g/mol. The van der Waals surface area contributed by atoms with E-state index in [2.05, 4.69) is 15.2 Å². The van der Waals surface area contributed by atoms with E-state index in [0.29, 0.717) is 19.4 Å².